The maximum Gasteiger partial charge on any atom is 0.152 e. The summed E-state index contributed by atoms with van der Waals surface area (Å²) in [5.74, 6) is 4.48. The van der Waals surface area contributed by atoms with E-state index in [1.54, 1.807) is 0 Å². The van der Waals surface area contributed by atoms with Crippen molar-refractivity contribution in [3.8, 4) is 0 Å². The molecule has 0 amide bonds. The minimum absolute atomic E-state index is 0.432. The van der Waals surface area contributed by atoms with Crippen molar-refractivity contribution in [2.45, 2.75) is 54.4 Å². The van der Waals surface area contributed by atoms with E-state index in [-0.39, 0.29) is 0 Å². The Morgan fingerprint density at radius 3 is 1.96 bits per heavy atom. The van der Waals surface area contributed by atoms with E-state index in [0.29, 0.717) is 24.4 Å². The molecule has 1 aromatic heterocycles. The molecule has 140 valence electrons. The van der Waals surface area contributed by atoms with Crippen LogP contribution in [0.5, 0.6) is 0 Å². The molecule has 0 spiro atoms. The lowest BCUT2D eigenvalue weighted by molar-refractivity contribution is 0.368. The fourth-order valence-electron chi connectivity index (χ4n) is 2.00. The monoisotopic (exact) mass is 348 g/mol. The van der Waals surface area contributed by atoms with E-state index in [9.17, 15) is 0 Å². The minimum atomic E-state index is 0.432. The number of rotatable bonds is 3. The molecule has 3 rings (SSSR count). The third-order valence-electron chi connectivity index (χ3n) is 3.45. The van der Waals surface area contributed by atoms with Crippen molar-refractivity contribution in [1.82, 2.24) is 10.5 Å². The molecule has 0 unspecified atom stereocenters. The van der Waals surface area contributed by atoms with Crippen LogP contribution in [-0.2, 0) is 0 Å². The van der Waals surface area contributed by atoms with Crippen molar-refractivity contribution in [2.75, 3.05) is 19.8 Å². The second-order valence-electron chi connectivity index (χ2n) is 6.93. The number of azo groups is 1. The summed E-state index contributed by atoms with van der Waals surface area (Å²) in [7, 11) is 0. The first kappa shape index (κ1) is 21.0. The predicted octanol–water partition coefficient (Wildman–Crippen LogP) is 4.21. The van der Waals surface area contributed by atoms with Gasteiger partial charge in [0.05, 0.1) is 18.1 Å². The molecule has 25 heavy (non-hydrogen) atoms. The topological polar surface area (TPSA) is 87.5 Å². The van der Waals surface area contributed by atoms with Crippen LogP contribution in [0.4, 0.5) is 0 Å². The fraction of sp³-hybridized carbons (Fsp3) is 0.722. The second-order valence-corrected chi connectivity index (χ2v) is 6.93. The normalized spacial score (nSPS) is 15.4. The van der Waals surface area contributed by atoms with Crippen LogP contribution in [0.1, 0.15) is 58.9 Å². The summed E-state index contributed by atoms with van der Waals surface area (Å²) >= 11 is 0. The van der Waals surface area contributed by atoms with Crippen LogP contribution < -0.4 is 5.32 Å². The number of nitrogens with zero attached hydrogens (tertiary/aromatic N) is 5. The van der Waals surface area contributed by atoms with Gasteiger partial charge in [0.15, 0.2) is 6.67 Å². The van der Waals surface area contributed by atoms with Gasteiger partial charge in [0.25, 0.3) is 0 Å². The lowest BCUT2D eigenvalue weighted by atomic mass is 10.1. The zero-order chi connectivity index (χ0) is 18.8. The minimum Gasteiger partial charge on any atom is -0.372 e. The van der Waals surface area contributed by atoms with E-state index < -0.39 is 0 Å². The van der Waals surface area contributed by atoms with Gasteiger partial charge in [0.2, 0.25) is 0 Å². The molecule has 0 radical (unpaired) electrons. The molecule has 0 aromatic carbocycles. The van der Waals surface area contributed by atoms with Crippen molar-refractivity contribution in [3.05, 3.63) is 17.5 Å². The Balaban J connectivity index is 0.000000188. The Morgan fingerprint density at radius 2 is 1.72 bits per heavy atom. The average Bonchev–Trinajstić information content (AvgIpc) is 3.31. The molecule has 0 saturated carbocycles. The zero-order valence-electron chi connectivity index (χ0n) is 16.6. The molecular formula is C18H32N6O. The molecule has 1 N–H and O–H groups in total. The van der Waals surface area contributed by atoms with Gasteiger partial charge in [0.1, 0.15) is 11.6 Å². The smallest absolute Gasteiger partial charge is 0.152 e. The van der Waals surface area contributed by atoms with Gasteiger partial charge < -0.3 is 9.84 Å². The van der Waals surface area contributed by atoms with Gasteiger partial charge in [-0.25, -0.2) is 4.99 Å². The van der Waals surface area contributed by atoms with Crippen LogP contribution in [0.2, 0.25) is 0 Å². The predicted molar refractivity (Wildman–Crippen MR) is 102 cm³/mol. The molecule has 0 saturated heterocycles. The zero-order valence-corrected chi connectivity index (χ0v) is 16.6. The van der Waals surface area contributed by atoms with Crippen molar-refractivity contribution in [2.24, 2.45) is 32.0 Å². The maximum absolute atomic E-state index is 4.98. The number of hydrogen-bond donors (Lipinski definition) is 1. The highest BCUT2D eigenvalue weighted by atomic mass is 16.5. The maximum atomic E-state index is 4.98. The van der Waals surface area contributed by atoms with E-state index in [2.05, 4.69) is 72.2 Å². The summed E-state index contributed by atoms with van der Waals surface area (Å²) in [5, 5.41) is 14.5. The van der Waals surface area contributed by atoms with Crippen LogP contribution in [0.15, 0.2) is 30.8 Å². The third-order valence-corrected chi connectivity index (χ3v) is 3.45. The molecule has 2 aliphatic heterocycles. The number of aliphatic imine (C=N–C) groups is 2. The molecule has 0 bridgehead atoms. The molecule has 3 heterocycles. The van der Waals surface area contributed by atoms with Crippen LogP contribution in [-0.4, -0.2) is 36.6 Å². The first-order valence-corrected chi connectivity index (χ1v) is 8.94. The van der Waals surface area contributed by atoms with Gasteiger partial charge >= 0.3 is 0 Å². The highest BCUT2D eigenvalue weighted by molar-refractivity contribution is 5.85. The number of aryl methyl sites for hydroxylation is 1. The summed E-state index contributed by atoms with van der Waals surface area (Å²) in [4.78, 5) is 8.26. The Labute approximate surface area is 151 Å². The Hall–Kier alpha value is -2.05. The largest absolute Gasteiger partial charge is 0.372 e. The molecule has 2 aliphatic rings. The summed E-state index contributed by atoms with van der Waals surface area (Å²) in [5.41, 5.74) is 0.957. The summed E-state index contributed by atoms with van der Waals surface area (Å²) in [6.45, 7) is 17.0. The fourth-order valence-corrected chi connectivity index (χ4v) is 2.00. The highest BCUT2D eigenvalue weighted by Gasteiger charge is 2.07. The van der Waals surface area contributed by atoms with E-state index >= 15 is 0 Å². The number of hydrogen-bond acceptors (Lipinski definition) is 7. The van der Waals surface area contributed by atoms with Crippen molar-refractivity contribution < 1.29 is 4.52 Å². The molecule has 0 fully saturated rings. The van der Waals surface area contributed by atoms with Crippen molar-refractivity contribution in [3.63, 3.8) is 0 Å². The first-order valence-electron chi connectivity index (χ1n) is 8.94. The van der Waals surface area contributed by atoms with E-state index in [4.69, 9.17) is 4.52 Å². The molecule has 1 aromatic rings. The number of amidine groups is 2. The third kappa shape index (κ3) is 8.05. The lowest BCUT2D eigenvalue weighted by Crippen LogP contribution is -2.23. The Bertz CT molecular complexity index is 598. The highest BCUT2D eigenvalue weighted by Crippen LogP contribution is 2.13. The molecule has 0 aliphatic carbocycles. The number of nitrogens with one attached hydrogen (secondary N) is 1. The SMILES string of the molecule is CC(C)C1=NCCN1.CC(C)C1=NCN=N1.Cc1cc(C(C)C)on1. The molecule has 0 atom stereocenters. The quantitative estimate of drug-likeness (QED) is 0.887. The van der Waals surface area contributed by atoms with Gasteiger partial charge in [-0.05, 0) is 6.92 Å². The van der Waals surface area contributed by atoms with Crippen LogP contribution in [0, 0.1) is 18.8 Å². The Kier molecular flexibility index (Phi) is 9.02. The van der Waals surface area contributed by atoms with Gasteiger partial charge in [-0.1, -0.05) is 46.7 Å². The van der Waals surface area contributed by atoms with Crippen molar-refractivity contribution >= 4 is 11.7 Å². The lowest BCUT2D eigenvalue weighted by Gasteiger charge is -2.02. The van der Waals surface area contributed by atoms with E-state index in [1.807, 2.05) is 13.0 Å². The first-order chi connectivity index (χ1) is 11.8. The summed E-state index contributed by atoms with van der Waals surface area (Å²) in [6, 6.07) is 1.96. The van der Waals surface area contributed by atoms with E-state index in [1.165, 1.54) is 5.84 Å². The second kappa shape index (κ2) is 10.7. The molecular weight excluding hydrogens is 316 g/mol. The summed E-state index contributed by atoms with van der Waals surface area (Å²) in [6.07, 6.45) is 0. The van der Waals surface area contributed by atoms with Crippen LogP contribution in [0.3, 0.4) is 0 Å². The molecule has 7 heteroatoms. The van der Waals surface area contributed by atoms with Crippen LogP contribution >= 0.6 is 0 Å². The number of aromatic nitrogens is 1. The van der Waals surface area contributed by atoms with E-state index in [0.717, 1.165) is 30.4 Å². The Morgan fingerprint density at radius 1 is 1.00 bits per heavy atom. The van der Waals surface area contributed by atoms with Crippen molar-refractivity contribution in [1.29, 1.82) is 0 Å². The molecule has 7 nitrogen and oxygen atoms in total. The van der Waals surface area contributed by atoms with Gasteiger partial charge in [-0.3, -0.25) is 4.99 Å². The van der Waals surface area contributed by atoms with Gasteiger partial charge in [-0.15, -0.1) is 5.11 Å². The van der Waals surface area contributed by atoms with Crippen LogP contribution in [0.25, 0.3) is 0 Å². The summed E-state index contributed by atoms with van der Waals surface area (Å²) < 4.78 is 4.98. The van der Waals surface area contributed by atoms with Gasteiger partial charge in [-0.2, -0.15) is 5.11 Å². The van der Waals surface area contributed by atoms with Gasteiger partial charge in [0, 0.05) is 30.4 Å². The standard InChI is InChI=1S/C7H11NO.C6H12N2.C5H9N3/c1-5(2)7-4-6(3)8-9-7;1-5(2)6-7-3-4-8-6;1-4(2)5-6-3-7-8-5/h4-5H,1-3H3;5H,3-4H2,1-2H3,(H,7,8);4H,3H2,1-2H3. The average molecular weight is 348 g/mol.